The van der Waals surface area contributed by atoms with Crippen molar-refractivity contribution in [2.75, 3.05) is 6.54 Å². The fourth-order valence-electron chi connectivity index (χ4n) is 1.59. The summed E-state index contributed by atoms with van der Waals surface area (Å²) in [5.74, 6) is -0.548. The molecule has 0 aromatic heterocycles. The zero-order valence-electron chi connectivity index (χ0n) is 10.4. The number of nitrogens with one attached hydrogen (secondary N) is 2. The summed E-state index contributed by atoms with van der Waals surface area (Å²) in [4.78, 5) is 24.4. The van der Waals surface area contributed by atoms with Crippen LogP contribution < -0.4 is 10.1 Å². The summed E-state index contributed by atoms with van der Waals surface area (Å²) < 4.78 is 24.1. The largest absolute Gasteiger partial charge is 0.339 e. The van der Waals surface area contributed by atoms with Crippen molar-refractivity contribution >= 4 is 22.0 Å². The van der Waals surface area contributed by atoms with Crippen molar-refractivity contribution in [1.82, 2.24) is 15.2 Å². The zero-order valence-corrected chi connectivity index (χ0v) is 11.2. The lowest BCUT2D eigenvalue weighted by Crippen LogP contribution is -2.44. The Hall–Kier alpha value is -1.93. The van der Waals surface area contributed by atoms with Crippen LogP contribution in [0.3, 0.4) is 0 Å². The summed E-state index contributed by atoms with van der Waals surface area (Å²) in [5, 5.41) is 2.71. The first-order chi connectivity index (χ1) is 8.79. The van der Waals surface area contributed by atoms with Gasteiger partial charge in [-0.1, -0.05) is 6.07 Å². The molecule has 1 heterocycles. The molecule has 19 heavy (non-hydrogen) atoms. The molecule has 1 saturated heterocycles. The molecule has 2 rings (SSSR count). The third-order valence-corrected chi connectivity index (χ3v) is 4.15. The standard InChI is InChI=1S/C11H13N3O4S/c1-7-3-4-9(5-8(7)2)19(17,18)13-14-6-10(15)12-11(14)16/h3-5,13H,6H2,1-2H3,(H,12,15,16). The van der Waals surface area contributed by atoms with Crippen LogP contribution in [0.1, 0.15) is 11.1 Å². The van der Waals surface area contributed by atoms with Crippen LogP contribution in [0.4, 0.5) is 4.79 Å². The molecule has 1 fully saturated rings. The number of urea groups is 1. The average Bonchev–Trinajstić information content (AvgIpc) is 2.60. The van der Waals surface area contributed by atoms with Gasteiger partial charge in [0.25, 0.3) is 10.0 Å². The number of carbonyl (C=O) groups excluding carboxylic acids is 2. The third kappa shape index (κ3) is 2.74. The minimum absolute atomic E-state index is 0.0442. The molecule has 102 valence electrons. The Kier molecular flexibility index (Phi) is 3.29. The van der Waals surface area contributed by atoms with E-state index in [-0.39, 0.29) is 11.4 Å². The van der Waals surface area contributed by atoms with E-state index in [1.54, 1.807) is 13.0 Å². The van der Waals surface area contributed by atoms with Gasteiger partial charge in [-0.05, 0) is 37.1 Å². The number of aryl methyl sites for hydroxylation is 2. The second-order valence-corrected chi connectivity index (χ2v) is 5.94. The Morgan fingerprint density at radius 2 is 1.89 bits per heavy atom. The number of hydrogen-bond acceptors (Lipinski definition) is 4. The number of imide groups is 1. The van der Waals surface area contributed by atoms with Gasteiger partial charge in [0.05, 0.1) is 4.90 Å². The van der Waals surface area contributed by atoms with Crippen LogP contribution in [0.25, 0.3) is 0 Å². The molecule has 1 aliphatic heterocycles. The maximum absolute atomic E-state index is 12.1. The summed E-state index contributed by atoms with van der Waals surface area (Å²) in [5.41, 5.74) is 1.79. The molecule has 0 saturated carbocycles. The van der Waals surface area contributed by atoms with Crippen molar-refractivity contribution in [3.63, 3.8) is 0 Å². The monoisotopic (exact) mass is 283 g/mol. The van der Waals surface area contributed by atoms with Crippen LogP contribution in [0.2, 0.25) is 0 Å². The number of nitrogens with zero attached hydrogens (tertiary/aromatic N) is 1. The smallest absolute Gasteiger partial charge is 0.275 e. The summed E-state index contributed by atoms with van der Waals surface area (Å²) in [7, 11) is -3.88. The fourth-order valence-corrected chi connectivity index (χ4v) is 2.72. The van der Waals surface area contributed by atoms with E-state index in [1.807, 2.05) is 12.2 Å². The molecule has 1 aromatic carbocycles. The summed E-state index contributed by atoms with van der Waals surface area (Å²) >= 11 is 0. The number of hydrazine groups is 1. The Morgan fingerprint density at radius 1 is 1.21 bits per heavy atom. The molecule has 8 heteroatoms. The third-order valence-electron chi connectivity index (χ3n) is 2.81. The number of amides is 3. The molecular weight excluding hydrogens is 270 g/mol. The van der Waals surface area contributed by atoms with Gasteiger partial charge in [-0.15, -0.1) is 4.83 Å². The number of carbonyl (C=O) groups is 2. The lowest BCUT2D eigenvalue weighted by Gasteiger charge is -2.15. The van der Waals surface area contributed by atoms with Crippen LogP contribution in [0.15, 0.2) is 23.1 Å². The van der Waals surface area contributed by atoms with Crippen molar-refractivity contribution in [3.8, 4) is 0 Å². The van der Waals surface area contributed by atoms with Gasteiger partial charge in [0.2, 0.25) is 5.91 Å². The average molecular weight is 283 g/mol. The van der Waals surface area contributed by atoms with Crippen molar-refractivity contribution in [2.45, 2.75) is 18.7 Å². The van der Waals surface area contributed by atoms with Gasteiger partial charge in [-0.3, -0.25) is 10.1 Å². The predicted octanol–water partition coefficient (Wildman–Crippen LogP) is 0.0485. The Bertz CT molecular complexity index is 654. The molecular formula is C11H13N3O4S. The zero-order chi connectivity index (χ0) is 14.2. The maximum Gasteiger partial charge on any atom is 0.339 e. The van der Waals surface area contributed by atoms with E-state index in [4.69, 9.17) is 0 Å². The minimum atomic E-state index is -3.88. The first-order valence-corrected chi connectivity index (χ1v) is 6.99. The van der Waals surface area contributed by atoms with E-state index in [0.717, 1.165) is 16.1 Å². The molecule has 0 unspecified atom stereocenters. The second-order valence-electron chi connectivity index (χ2n) is 4.28. The van der Waals surface area contributed by atoms with Crippen LogP contribution in [0.5, 0.6) is 0 Å². The lowest BCUT2D eigenvalue weighted by atomic mass is 10.1. The second kappa shape index (κ2) is 4.63. The van der Waals surface area contributed by atoms with Gasteiger partial charge in [0.15, 0.2) is 0 Å². The van der Waals surface area contributed by atoms with E-state index >= 15 is 0 Å². The van der Waals surface area contributed by atoms with Crippen LogP contribution in [0, 0.1) is 13.8 Å². The van der Waals surface area contributed by atoms with E-state index in [9.17, 15) is 18.0 Å². The Balaban J connectivity index is 2.25. The number of rotatable bonds is 3. The Morgan fingerprint density at radius 3 is 2.42 bits per heavy atom. The molecule has 7 nitrogen and oxygen atoms in total. The van der Waals surface area contributed by atoms with Crippen molar-refractivity contribution in [1.29, 1.82) is 0 Å². The van der Waals surface area contributed by atoms with Gasteiger partial charge in [0, 0.05) is 0 Å². The number of sulfonamides is 1. The molecule has 1 aromatic rings. The highest BCUT2D eigenvalue weighted by Crippen LogP contribution is 2.15. The van der Waals surface area contributed by atoms with Crippen molar-refractivity contribution in [3.05, 3.63) is 29.3 Å². The van der Waals surface area contributed by atoms with Crippen LogP contribution in [-0.2, 0) is 14.8 Å². The molecule has 0 radical (unpaired) electrons. The van der Waals surface area contributed by atoms with Gasteiger partial charge in [-0.25, -0.2) is 18.2 Å². The molecule has 0 aliphatic carbocycles. The van der Waals surface area contributed by atoms with Gasteiger partial charge in [0.1, 0.15) is 6.54 Å². The highest BCUT2D eigenvalue weighted by Gasteiger charge is 2.30. The first kappa shape index (κ1) is 13.5. The molecule has 3 amide bonds. The molecule has 0 bridgehead atoms. The SMILES string of the molecule is Cc1ccc(S(=O)(=O)NN2CC(=O)NC2=O)cc1C. The molecule has 1 aliphatic rings. The van der Waals surface area contributed by atoms with E-state index in [2.05, 4.69) is 4.83 Å². The maximum atomic E-state index is 12.1. The first-order valence-electron chi connectivity index (χ1n) is 5.50. The summed E-state index contributed by atoms with van der Waals surface area (Å²) in [6, 6.07) is 3.85. The summed E-state index contributed by atoms with van der Waals surface area (Å²) in [6.45, 7) is 3.33. The van der Waals surface area contributed by atoms with E-state index in [1.165, 1.54) is 12.1 Å². The van der Waals surface area contributed by atoms with E-state index in [0.29, 0.717) is 0 Å². The van der Waals surface area contributed by atoms with E-state index < -0.39 is 22.0 Å². The van der Waals surface area contributed by atoms with Gasteiger partial charge < -0.3 is 0 Å². The highest BCUT2D eigenvalue weighted by atomic mass is 32.2. The topological polar surface area (TPSA) is 95.6 Å². The number of benzene rings is 1. The predicted molar refractivity (Wildman–Crippen MR) is 66.5 cm³/mol. The minimum Gasteiger partial charge on any atom is -0.275 e. The summed E-state index contributed by atoms with van der Waals surface area (Å²) in [6.07, 6.45) is 0. The normalized spacial score (nSPS) is 15.8. The quantitative estimate of drug-likeness (QED) is 0.766. The van der Waals surface area contributed by atoms with Crippen LogP contribution >= 0.6 is 0 Å². The van der Waals surface area contributed by atoms with Gasteiger partial charge in [-0.2, -0.15) is 0 Å². The van der Waals surface area contributed by atoms with Crippen molar-refractivity contribution in [2.24, 2.45) is 0 Å². The van der Waals surface area contributed by atoms with Crippen LogP contribution in [-0.4, -0.2) is 31.9 Å². The van der Waals surface area contributed by atoms with Crippen molar-refractivity contribution < 1.29 is 18.0 Å². The highest BCUT2D eigenvalue weighted by molar-refractivity contribution is 7.89. The number of hydrogen-bond donors (Lipinski definition) is 2. The fraction of sp³-hybridized carbons (Fsp3) is 0.273. The molecule has 2 N–H and O–H groups in total. The lowest BCUT2D eigenvalue weighted by molar-refractivity contribution is -0.118. The van der Waals surface area contributed by atoms with Gasteiger partial charge >= 0.3 is 6.03 Å². The molecule has 0 spiro atoms. The molecule has 0 atom stereocenters. The Labute approximate surface area is 110 Å².